The summed E-state index contributed by atoms with van der Waals surface area (Å²) in [6, 6.07) is 9.26. The second-order valence-electron chi connectivity index (χ2n) is 5.25. The van der Waals surface area contributed by atoms with Crippen molar-refractivity contribution >= 4 is 17.4 Å². The number of thioether (sulfide) groups is 1. The molecule has 0 aliphatic heterocycles. The molecule has 1 aromatic rings. The zero-order valence-electron chi connectivity index (χ0n) is 12.0. The van der Waals surface area contributed by atoms with Gasteiger partial charge in [0, 0.05) is 29.0 Å². The molecule has 0 aromatic heterocycles. The summed E-state index contributed by atoms with van der Waals surface area (Å²) in [7, 11) is 1.76. The normalized spacial score (nSPS) is 17.6. The molecule has 0 bridgehead atoms. The first-order valence-corrected chi connectivity index (χ1v) is 8.22. The molecule has 0 heterocycles. The monoisotopic (exact) mass is 279 g/mol. The Hall–Kier alpha value is -0.670. The fourth-order valence-corrected chi connectivity index (χ4v) is 3.77. The number of anilines is 1. The van der Waals surface area contributed by atoms with Crippen LogP contribution in [0.15, 0.2) is 29.2 Å². The third kappa shape index (κ3) is 4.73. The van der Waals surface area contributed by atoms with Crippen molar-refractivity contribution in [1.82, 2.24) is 0 Å². The number of rotatable bonds is 7. The van der Waals surface area contributed by atoms with Crippen LogP contribution in [0.4, 0.5) is 5.69 Å². The van der Waals surface area contributed by atoms with Gasteiger partial charge >= 0.3 is 0 Å². The average molecular weight is 279 g/mol. The number of benzene rings is 1. The predicted molar refractivity (Wildman–Crippen MR) is 84.1 cm³/mol. The van der Waals surface area contributed by atoms with E-state index >= 15 is 0 Å². The maximum Gasteiger partial charge on any atom is 0.0663 e. The fourth-order valence-electron chi connectivity index (χ4n) is 2.53. The maximum absolute atomic E-state index is 5.21. The van der Waals surface area contributed by atoms with E-state index in [0.29, 0.717) is 6.04 Å². The van der Waals surface area contributed by atoms with E-state index in [2.05, 4.69) is 36.5 Å². The lowest BCUT2D eigenvalue weighted by atomic mass is 10.2. The number of hydrogen-bond acceptors (Lipinski definition) is 3. The molecule has 1 aliphatic rings. The van der Waals surface area contributed by atoms with Crippen LogP contribution in [0.5, 0.6) is 0 Å². The van der Waals surface area contributed by atoms with Crippen LogP contribution in [0.3, 0.4) is 0 Å². The molecule has 1 aromatic carbocycles. The Balaban J connectivity index is 1.86. The van der Waals surface area contributed by atoms with Gasteiger partial charge in [-0.1, -0.05) is 19.8 Å². The number of methoxy groups -OCH3 is 1. The molecule has 1 aliphatic carbocycles. The first-order valence-electron chi connectivity index (χ1n) is 7.34. The summed E-state index contributed by atoms with van der Waals surface area (Å²) in [4.78, 5) is 1.40. The lowest BCUT2D eigenvalue weighted by Gasteiger charge is -2.17. The molecule has 2 rings (SSSR count). The van der Waals surface area contributed by atoms with Crippen molar-refractivity contribution in [2.24, 2.45) is 0 Å². The molecular weight excluding hydrogens is 254 g/mol. The Morgan fingerprint density at radius 2 is 1.95 bits per heavy atom. The molecule has 1 fully saturated rings. The molecule has 2 nitrogen and oxygen atoms in total. The van der Waals surface area contributed by atoms with E-state index in [4.69, 9.17) is 4.74 Å². The Labute approximate surface area is 121 Å². The summed E-state index contributed by atoms with van der Waals surface area (Å²) in [5.41, 5.74) is 1.19. The molecule has 106 valence electrons. The standard InChI is InChI=1S/C16H25NOS/c1-3-13(12-18-2)17-14-8-10-16(11-9-14)19-15-6-4-5-7-15/h8-11,13,15,17H,3-7,12H2,1-2H3. The van der Waals surface area contributed by atoms with Crippen molar-refractivity contribution in [3.05, 3.63) is 24.3 Å². The van der Waals surface area contributed by atoms with Crippen molar-refractivity contribution in [3.63, 3.8) is 0 Å². The van der Waals surface area contributed by atoms with Gasteiger partial charge in [-0.15, -0.1) is 11.8 Å². The van der Waals surface area contributed by atoms with Crippen molar-refractivity contribution < 1.29 is 4.74 Å². The van der Waals surface area contributed by atoms with Crippen LogP contribution in [-0.4, -0.2) is 25.0 Å². The van der Waals surface area contributed by atoms with Crippen LogP contribution < -0.4 is 5.32 Å². The zero-order valence-corrected chi connectivity index (χ0v) is 12.8. The Morgan fingerprint density at radius 1 is 1.26 bits per heavy atom. The molecule has 19 heavy (non-hydrogen) atoms. The van der Waals surface area contributed by atoms with Crippen LogP contribution >= 0.6 is 11.8 Å². The lowest BCUT2D eigenvalue weighted by molar-refractivity contribution is 0.184. The minimum absolute atomic E-state index is 0.401. The molecule has 0 saturated heterocycles. The third-order valence-corrected chi connectivity index (χ3v) is 5.04. The van der Waals surface area contributed by atoms with E-state index in [0.717, 1.165) is 18.3 Å². The second-order valence-corrected chi connectivity index (χ2v) is 6.63. The van der Waals surface area contributed by atoms with Crippen LogP contribution in [0.2, 0.25) is 0 Å². The minimum Gasteiger partial charge on any atom is -0.383 e. The van der Waals surface area contributed by atoms with E-state index < -0.39 is 0 Å². The van der Waals surface area contributed by atoms with Gasteiger partial charge in [-0.25, -0.2) is 0 Å². The first-order chi connectivity index (χ1) is 9.31. The highest BCUT2D eigenvalue weighted by Crippen LogP contribution is 2.34. The van der Waals surface area contributed by atoms with Gasteiger partial charge in [0.25, 0.3) is 0 Å². The minimum atomic E-state index is 0.401. The van der Waals surface area contributed by atoms with E-state index in [1.54, 1.807) is 7.11 Å². The number of nitrogens with one attached hydrogen (secondary N) is 1. The zero-order chi connectivity index (χ0) is 13.5. The summed E-state index contributed by atoms with van der Waals surface area (Å²) in [5.74, 6) is 0. The lowest BCUT2D eigenvalue weighted by Crippen LogP contribution is -2.23. The first kappa shape index (κ1) is 14.7. The van der Waals surface area contributed by atoms with E-state index in [9.17, 15) is 0 Å². The summed E-state index contributed by atoms with van der Waals surface area (Å²) < 4.78 is 5.21. The van der Waals surface area contributed by atoms with Gasteiger partial charge in [0.2, 0.25) is 0 Å². The third-order valence-electron chi connectivity index (χ3n) is 3.69. The summed E-state index contributed by atoms with van der Waals surface area (Å²) in [5, 5.41) is 4.36. The van der Waals surface area contributed by atoms with Crippen molar-refractivity contribution in [2.45, 2.75) is 55.2 Å². The average Bonchev–Trinajstić information content (AvgIpc) is 2.93. The van der Waals surface area contributed by atoms with E-state index in [-0.39, 0.29) is 0 Å². The van der Waals surface area contributed by atoms with Gasteiger partial charge in [-0.3, -0.25) is 0 Å². The van der Waals surface area contributed by atoms with Gasteiger partial charge in [-0.05, 0) is 43.5 Å². The molecule has 0 spiro atoms. The van der Waals surface area contributed by atoms with Gasteiger partial charge in [-0.2, -0.15) is 0 Å². The predicted octanol–water partition coefficient (Wildman–Crippen LogP) is 4.56. The summed E-state index contributed by atoms with van der Waals surface area (Å²) >= 11 is 2.04. The Morgan fingerprint density at radius 3 is 2.53 bits per heavy atom. The largest absolute Gasteiger partial charge is 0.383 e. The molecule has 3 heteroatoms. The fraction of sp³-hybridized carbons (Fsp3) is 0.625. The SMILES string of the molecule is CCC(COC)Nc1ccc(SC2CCCC2)cc1. The molecular formula is C16H25NOS. The second kappa shape index (κ2) is 7.81. The Bertz CT molecular complexity index is 360. The molecule has 0 radical (unpaired) electrons. The van der Waals surface area contributed by atoms with Crippen molar-refractivity contribution in [1.29, 1.82) is 0 Å². The molecule has 1 atom stereocenters. The highest BCUT2D eigenvalue weighted by molar-refractivity contribution is 8.00. The molecule has 1 saturated carbocycles. The van der Waals surface area contributed by atoms with Crippen LogP contribution in [0.25, 0.3) is 0 Å². The summed E-state index contributed by atoms with van der Waals surface area (Å²) in [6.07, 6.45) is 6.66. The molecule has 1 N–H and O–H groups in total. The van der Waals surface area contributed by atoms with Gasteiger partial charge in [0.1, 0.15) is 0 Å². The van der Waals surface area contributed by atoms with Crippen molar-refractivity contribution in [2.75, 3.05) is 19.0 Å². The highest BCUT2D eigenvalue weighted by atomic mass is 32.2. The number of hydrogen-bond donors (Lipinski definition) is 1. The maximum atomic E-state index is 5.21. The van der Waals surface area contributed by atoms with Crippen LogP contribution in [0.1, 0.15) is 39.0 Å². The topological polar surface area (TPSA) is 21.3 Å². The smallest absolute Gasteiger partial charge is 0.0663 e. The van der Waals surface area contributed by atoms with Crippen molar-refractivity contribution in [3.8, 4) is 0 Å². The quantitative estimate of drug-likeness (QED) is 0.790. The Kier molecular flexibility index (Phi) is 6.05. The van der Waals surface area contributed by atoms with Gasteiger partial charge < -0.3 is 10.1 Å². The van der Waals surface area contributed by atoms with Gasteiger partial charge in [0.15, 0.2) is 0 Å². The van der Waals surface area contributed by atoms with E-state index in [1.807, 2.05) is 11.8 Å². The molecule has 1 unspecified atom stereocenters. The van der Waals surface area contributed by atoms with Gasteiger partial charge in [0.05, 0.1) is 6.61 Å². The summed E-state index contributed by atoms with van der Waals surface area (Å²) in [6.45, 7) is 2.94. The highest BCUT2D eigenvalue weighted by Gasteiger charge is 2.15. The number of ether oxygens (including phenoxy) is 1. The molecule has 0 amide bonds. The van der Waals surface area contributed by atoms with E-state index in [1.165, 1.54) is 36.3 Å². The van der Waals surface area contributed by atoms with Crippen LogP contribution in [0, 0.1) is 0 Å². The van der Waals surface area contributed by atoms with Crippen LogP contribution in [-0.2, 0) is 4.74 Å².